The first kappa shape index (κ1) is 10.7. The fourth-order valence-corrected chi connectivity index (χ4v) is 0.135. The molecule has 7 heteroatoms. The highest BCUT2D eigenvalue weighted by atomic mass is 35.5. The molecule has 0 aliphatic heterocycles. The Morgan fingerprint density at radius 2 is 1.22 bits per heavy atom. The summed E-state index contributed by atoms with van der Waals surface area (Å²) in [6, 6.07) is 0. The molecule has 0 saturated heterocycles. The van der Waals surface area contributed by atoms with Gasteiger partial charge in [0.25, 0.3) is 0 Å². The number of hydrazine groups is 1. The molecule has 0 bridgehead atoms. The van der Waals surface area contributed by atoms with E-state index in [0.717, 1.165) is 0 Å². The van der Waals surface area contributed by atoms with Gasteiger partial charge in [-0.2, -0.15) is 0 Å². The first-order valence-electron chi connectivity index (χ1n) is 1.83. The second-order valence-corrected chi connectivity index (χ2v) is 1.08. The van der Waals surface area contributed by atoms with E-state index in [-0.39, 0.29) is 24.3 Å². The summed E-state index contributed by atoms with van der Waals surface area (Å²) < 4.78 is 0. The first-order valence-corrected chi connectivity index (χ1v) is 1.83. The molecule has 0 aromatic rings. The fourth-order valence-electron chi connectivity index (χ4n) is 0.135. The van der Waals surface area contributed by atoms with Crippen molar-refractivity contribution in [3.05, 3.63) is 0 Å². The summed E-state index contributed by atoms with van der Waals surface area (Å²) >= 11 is 0. The van der Waals surface area contributed by atoms with Gasteiger partial charge in [-0.1, -0.05) is 0 Å². The Kier molecular flexibility index (Phi) is 5.94. The molecule has 0 aromatic carbocycles. The normalized spacial score (nSPS) is 6.67. The van der Waals surface area contributed by atoms with E-state index in [4.69, 9.17) is 22.3 Å². The van der Waals surface area contributed by atoms with Crippen molar-refractivity contribution in [2.24, 2.45) is 11.5 Å². The number of hydrogen-bond acceptors (Lipinski definition) is 2. The van der Waals surface area contributed by atoms with E-state index in [9.17, 15) is 0 Å². The summed E-state index contributed by atoms with van der Waals surface area (Å²) in [5, 5.41) is 13.1. The van der Waals surface area contributed by atoms with Crippen LogP contribution >= 0.6 is 12.4 Å². The van der Waals surface area contributed by atoms with Crippen LogP contribution in [0.2, 0.25) is 0 Å². The van der Waals surface area contributed by atoms with Crippen LogP contribution < -0.4 is 22.3 Å². The number of nitrogens with two attached hydrogens (primary N) is 2. The van der Waals surface area contributed by atoms with Crippen molar-refractivity contribution in [2.75, 3.05) is 0 Å². The predicted molar refractivity (Wildman–Crippen MR) is 37.3 cm³/mol. The zero-order chi connectivity index (χ0) is 6.57. The van der Waals surface area contributed by atoms with E-state index >= 15 is 0 Å². The van der Waals surface area contributed by atoms with E-state index in [1.54, 1.807) is 0 Å². The van der Waals surface area contributed by atoms with E-state index in [0.29, 0.717) is 0 Å². The molecule has 0 aliphatic carbocycles. The van der Waals surface area contributed by atoms with Crippen LogP contribution in [0, 0.1) is 10.8 Å². The van der Waals surface area contributed by atoms with Crippen LogP contribution in [0.15, 0.2) is 0 Å². The van der Waals surface area contributed by atoms with Gasteiger partial charge in [0.05, 0.1) is 0 Å². The number of nitrogens with one attached hydrogen (secondary N) is 4. The third kappa shape index (κ3) is 10.9. The highest BCUT2D eigenvalue weighted by Crippen LogP contribution is 1.41. The largest absolute Gasteiger partial charge is 0.369 e. The summed E-state index contributed by atoms with van der Waals surface area (Å²) in [6.45, 7) is 0. The summed E-state index contributed by atoms with van der Waals surface area (Å²) in [7, 11) is 0. The molecule has 0 rings (SSSR count). The number of halogens is 1. The molecule has 0 spiro atoms. The van der Waals surface area contributed by atoms with Gasteiger partial charge in [-0.25, -0.2) is 0 Å². The lowest BCUT2D eigenvalue weighted by Gasteiger charge is -2.02. The molecule has 9 heavy (non-hydrogen) atoms. The minimum Gasteiger partial charge on any atom is -0.369 e. The highest BCUT2D eigenvalue weighted by molar-refractivity contribution is 5.85. The number of hydrogen-bond donors (Lipinski definition) is 6. The number of rotatable bonds is 0. The highest BCUT2D eigenvalue weighted by Gasteiger charge is 1.82. The maximum absolute atomic E-state index is 6.54. The second-order valence-electron chi connectivity index (χ2n) is 1.08. The maximum Gasteiger partial charge on any atom is 0.204 e. The van der Waals surface area contributed by atoms with Gasteiger partial charge in [-0.05, 0) is 0 Å². The molecule has 0 saturated carbocycles. The molecule has 8 N–H and O–H groups in total. The smallest absolute Gasteiger partial charge is 0.204 e. The molecule has 0 radical (unpaired) electrons. The predicted octanol–water partition coefficient (Wildman–Crippen LogP) is -1.71. The number of guanidine groups is 2. The molecule has 0 heterocycles. The molecule has 0 atom stereocenters. The first-order chi connectivity index (χ1) is 3.63. The van der Waals surface area contributed by atoms with E-state index in [1.165, 1.54) is 0 Å². The lowest BCUT2D eigenvalue weighted by molar-refractivity contribution is 0.833. The minimum atomic E-state index is -0.278. The summed E-state index contributed by atoms with van der Waals surface area (Å²) in [6.07, 6.45) is 0. The Morgan fingerprint density at radius 1 is 1.00 bits per heavy atom. The van der Waals surface area contributed by atoms with Crippen molar-refractivity contribution in [2.45, 2.75) is 0 Å². The molecular weight excluding hydrogens is 144 g/mol. The van der Waals surface area contributed by atoms with Gasteiger partial charge in [-0.15, -0.1) is 12.4 Å². The summed E-state index contributed by atoms with van der Waals surface area (Å²) in [5.74, 6) is -0.555. The van der Waals surface area contributed by atoms with E-state index < -0.39 is 0 Å². The van der Waals surface area contributed by atoms with E-state index in [1.807, 2.05) is 0 Å². The molecule has 54 valence electrons. The quantitative estimate of drug-likeness (QED) is 0.141. The zero-order valence-corrected chi connectivity index (χ0v) is 5.38. The van der Waals surface area contributed by atoms with Crippen LogP contribution in [0.3, 0.4) is 0 Å². The van der Waals surface area contributed by atoms with Gasteiger partial charge in [0, 0.05) is 0 Å². The van der Waals surface area contributed by atoms with Crippen molar-refractivity contribution in [1.29, 1.82) is 10.8 Å². The third-order valence-electron chi connectivity index (χ3n) is 0.332. The van der Waals surface area contributed by atoms with Crippen LogP contribution in [0.4, 0.5) is 0 Å². The molecule has 6 nitrogen and oxygen atoms in total. The average Bonchev–Trinajstić information content (AvgIpc) is 1.61. The molecule has 0 unspecified atom stereocenters. The Bertz CT molecular complexity index is 95.6. The van der Waals surface area contributed by atoms with Crippen LogP contribution in [0.1, 0.15) is 0 Å². The second kappa shape index (κ2) is 4.98. The summed E-state index contributed by atoms with van der Waals surface area (Å²) in [4.78, 5) is 0. The van der Waals surface area contributed by atoms with Gasteiger partial charge in [-0.3, -0.25) is 21.7 Å². The van der Waals surface area contributed by atoms with Crippen LogP contribution in [-0.4, -0.2) is 11.9 Å². The summed E-state index contributed by atoms with van der Waals surface area (Å²) in [5.41, 5.74) is 13.8. The van der Waals surface area contributed by atoms with Gasteiger partial charge in [0.1, 0.15) is 0 Å². The standard InChI is InChI=1S/C2H8N6.ClH/c3-1(4)7-8-2(5)6;/h(H4,3,4,7)(H4,5,6,8);1H. The monoisotopic (exact) mass is 152 g/mol. The van der Waals surface area contributed by atoms with Crippen molar-refractivity contribution >= 4 is 24.3 Å². The average molecular weight is 153 g/mol. The Hall–Kier alpha value is -1.17. The molecular formula is C2H9ClN6. The van der Waals surface area contributed by atoms with Crippen LogP contribution in [0.5, 0.6) is 0 Å². The zero-order valence-electron chi connectivity index (χ0n) is 4.56. The molecule has 0 amide bonds. The van der Waals surface area contributed by atoms with Crippen molar-refractivity contribution in [3.8, 4) is 0 Å². The molecule has 0 aliphatic rings. The van der Waals surface area contributed by atoms with Crippen molar-refractivity contribution < 1.29 is 0 Å². The van der Waals surface area contributed by atoms with Crippen molar-refractivity contribution in [1.82, 2.24) is 10.9 Å². The van der Waals surface area contributed by atoms with Gasteiger partial charge >= 0.3 is 0 Å². The maximum atomic E-state index is 6.54. The van der Waals surface area contributed by atoms with Crippen LogP contribution in [-0.2, 0) is 0 Å². The SMILES string of the molecule is Cl.N=C(N)NNC(=N)N. The minimum absolute atomic E-state index is 0. The van der Waals surface area contributed by atoms with Gasteiger partial charge < -0.3 is 11.5 Å². The Balaban J connectivity index is 0. The third-order valence-corrected chi connectivity index (χ3v) is 0.332. The van der Waals surface area contributed by atoms with E-state index in [2.05, 4.69) is 10.9 Å². The lowest BCUT2D eigenvalue weighted by Crippen LogP contribution is -2.47. The van der Waals surface area contributed by atoms with Crippen LogP contribution in [0.25, 0.3) is 0 Å². The van der Waals surface area contributed by atoms with Gasteiger partial charge in [0.2, 0.25) is 11.9 Å². The topological polar surface area (TPSA) is 124 Å². The van der Waals surface area contributed by atoms with Gasteiger partial charge in [0.15, 0.2) is 0 Å². The fraction of sp³-hybridized carbons (Fsp3) is 0. The molecule has 0 aromatic heterocycles. The lowest BCUT2D eigenvalue weighted by atomic mass is 11.0. The Morgan fingerprint density at radius 3 is 1.33 bits per heavy atom. The van der Waals surface area contributed by atoms with Crippen molar-refractivity contribution in [3.63, 3.8) is 0 Å². The molecule has 0 fully saturated rings. The Labute approximate surface area is 58.4 Å².